The lowest BCUT2D eigenvalue weighted by Gasteiger charge is -2.16. The Morgan fingerprint density at radius 2 is 2.50 bits per heavy atom. The highest BCUT2D eigenvalue weighted by molar-refractivity contribution is 5.69. The minimum Gasteiger partial charge on any atom is -0.465 e. The van der Waals surface area contributed by atoms with E-state index in [-0.39, 0.29) is 12.5 Å². The highest BCUT2D eigenvalue weighted by Crippen LogP contribution is 2.14. The maximum absolute atomic E-state index is 11.4. The Kier molecular flexibility index (Phi) is 4.39. The van der Waals surface area contributed by atoms with Gasteiger partial charge in [0.2, 0.25) is 0 Å². The smallest absolute Gasteiger partial charge is 0.325 e. The molecule has 1 fully saturated rings. The number of carbonyl (C=O) groups excluding carboxylic acids is 1. The fourth-order valence-corrected chi connectivity index (χ4v) is 2.01. The fraction of sp³-hybridized carbons (Fsp3) is 0.538. The summed E-state index contributed by atoms with van der Waals surface area (Å²) in [6, 6.07) is 0. The fourth-order valence-electron chi connectivity index (χ4n) is 2.01. The van der Waals surface area contributed by atoms with E-state index in [2.05, 4.69) is 16.4 Å². The Morgan fingerprint density at radius 1 is 1.61 bits per heavy atom. The largest absolute Gasteiger partial charge is 0.465 e. The van der Waals surface area contributed by atoms with Gasteiger partial charge in [0, 0.05) is 12.2 Å². The molecule has 0 bridgehead atoms. The molecule has 18 heavy (non-hydrogen) atoms. The maximum Gasteiger partial charge on any atom is 0.325 e. The van der Waals surface area contributed by atoms with Gasteiger partial charge in [0.25, 0.3) is 0 Å². The summed E-state index contributed by atoms with van der Waals surface area (Å²) in [5.74, 6) is -0.230. The average Bonchev–Trinajstić information content (AvgIpc) is 2.78. The van der Waals surface area contributed by atoms with Crippen LogP contribution in [0.15, 0.2) is 18.2 Å². The Morgan fingerprint density at radius 3 is 3.22 bits per heavy atom. The van der Waals surface area contributed by atoms with Crippen LogP contribution in [0.5, 0.6) is 0 Å². The third-order valence-electron chi connectivity index (χ3n) is 2.90. The number of hydrogen-bond acceptors (Lipinski definition) is 4. The van der Waals surface area contributed by atoms with Gasteiger partial charge >= 0.3 is 5.97 Å². The molecule has 1 saturated heterocycles. The number of imidazole rings is 1. The van der Waals surface area contributed by atoms with Crippen molar-refractivity contribution >= 4 is 12.0 Å². The zero-order valence-electron chi connectivity index (χ0n) is 10.7. The van der Waals surface area contributed by atoms with Crippen LogP contribution < -0.4 is 5.32 Å². The number of aromatic nitrogens is 2. The molecular formula is C13H19N3O2. The van der Waals surface area contributed by atoms with Gasteiger partial charge in [0.15, 0.2) is 0 Å². The maximum atomic E-state index is 11.4. The van der Waals surface area contributed by atoms with Crippen LogP contribution in [-0.2, 0) is 16.1 Å². The minimum absolute atomic E-state index is 0.215. The molecule has 1 aliphatic heterocycles. The molecule has 0 saturated carbocycles. The standard InChI is InChI=1S/C13H19N3O2/c1-2-18-13(17)9-16-10-14-8-12(16)7-11-5-3-4-6-15-11/h7-8,10,15H,2-6,9H2,1H3. The van der Waals surface area contributed by atoms with E-state index in [4.69, 9.17) is 4.74 Å². The van der Waals surface area contributed by atoms with Gasteiger partial charge in [0.1, 0.15) is 6.54 Å². The lowest BCUT2D eigenvalue weighted by molar-refractivity contribution is -0.143. The van der Waals surface area contributed by atoms with Crippen molar-refractivity contribution in [1.82, 2.24) is 14.9 Å². The summed E-state index contributed by atoms with van der Waals surface area (Å²) in [5, 5.41) is 3.37. The molecular weight excluding hydrogens is 230 g/mol. The van der Waals surface area contributed by atoms with Crippen molar-refractivity contribution in [2.45, 2.75) is 32.7 Å². The monoisotopic (exact) mass is 249 g/mol. The lowest BCUT2D eigenvalue weighted by Crippen LogP contribution is -2.20. The van der Waals surface area contributed by atoms with Crippen molar-refractivity contribution < 1.29 is 9.53 Å². The summed E-state index contributed by atoms with van der Waals surface area (Å²) in [6.07, 6.45) is 8.98. The Bertz CT molecular complexity index is 429. The molecule has 1 N–H and O–H groups in total. The van der Waals surface area contributed by atoms with Gasteiger partial charge < -0.3 is 14.6 Å². The lowest BCUT2D eigenvalue weighted by atomic mass is 10.1. The molecule has 5 nitrogen and oxygen atoms in total. The third-order valence-corrected chi connectivity index (χ3v) is 2.90. The first-order valence-electron chi connectivity index (χ1n) is 6.40. The molecule has 0 aliphatic carbocycles. The van der Waals surface area contributed by atoms with Gasteiger partial charge in [-0.25, -0.2) is 4.98 Å². The number of allylic oxidation sites excluding steroid dienone is 1. The molecule has 0 radical (unpaired) electrons. The second-order valence-electron chi connectivity index (χ2n) is 4.30. The van der Waals surface area contributed by atoms with Crippen molar-refractivity contribution in [3.05, 3.63) is 23.9 Å². The topological polar surface area (TPSA) is 56.2 Å². The van der Waals surface area contributed by atoms with Crippen molar-refractivity contribution in [2.24, 2.45) is 0 Å². The number of hydrogen-bond donors (Lipinski definition) is 1. The molecule has 1 aromatic heterocycles. The van der Waals surface area contributed by atoms with Gasteiger partial charge in [0.05, 0.1) is 24.8 Å². The van der Waals surface area contributed by atoms with Gasteiger partial charge in [-0.1, -0.05) is 0 Å². The number of rotatable bonds is 4. The molecule has 0 atom stereocenters. The molecule has 0 amide bonds. The summed E-state index contributed by atoms with van der Waals surface area (Å²) in [4.78, 5) is 15.5. The Hall–Kier alpha value is -1.78. The number of carbonyl (C=O) groups is 1. The molecule has 98 valence electrons. The van der Waals surface area contributed by atoms with Crippen LogP contribution in [0.2, 0.25) is 0 Å². The highest BCUT2D eigenvalue weighted by Gasteiger charge is 2.09. The van der Waals surface area contributed by atoms with E-state index >= 15 is 0 Å². The summed E-state index contributed by atoms with van der Waals surface area (Å²) < 4.78 is 6.74. The molecule has 1 aliphatic rings. The van der Waals surface area contributed by atoms with E-state index in [1.807, 2.05) is 0 Å². The average molecular weight is 249 g/mol. The molecule has 0 spiro atoms. The van der Waals surface area contributed by atoms with Crippen LogP contribution in [0.3, 0.4) is 0 Å². The molecule has 5 heteroatoms. The molecule has 0 aromatic carbocycles. The van der Waals surface area contributed by atoms with E-state index < -0.39 is 0 Å². The van der Waals surface area contributed by atoms with Crippen molar-refractivity contribution in [3.8, 4) is 0 Å². The predicted molar refractivity (Wildman–Crippen MR) is 68.7 cm³/mol. The van der Waals surface area contributed by atoms with E-state index in [1.54, 1.807) is 24.0 Å². The second kappa shape index (κ2) is 6.23. The summed E-state index contributed by atoms with van der Waals surface area (Å²) in [7, 11) is 0. The number of esters is 1. The number of nitrogens with one attached hydrogen (secondary N) is 1. The first-order valence-corrected chi connectivity index (χ1v) is 6.40. The first-order chi connectivity index (χ1) is 8.79. The van der Waals surface area contributed by atoms with Crippen LogP contribution in [0, 0.1) is 0 Å². The van der Waals surface area contributed by atoms with E-state index in [0.29, 0.717) is 6.61 Å². The van der Waals surface area contributed by atoms with Gasteiger partial charge in [-0.05, 0) is 32.3 Å². The van der Waals surface area contributed by atoms with Gasteiger partial charge in [-0.15, -0.1) is 0 Å². The zero-order valence-corrected chi connectivity index (χ0v) is 10.7. The SMILES string of the molecule is CCOC(=O)Cn1cncc1C=C1CCCCN1. The van der Waals surface area contributed by atoms with Crippen molar-refractivity contribution in [1.29, 1.82) is 0 Å². The van der Waals surface area contributed by atoms with Crippen LogP contribution in [-0.4, -0.2) is 28.7 Å². The van der Waals surface area contributed by atoms with Crippen molar-refractivity contribution in [3.63, 3.8) is 0 Å². The van der Waals surface area contributed by atoms with Crippen LogP contribution >= 0.6 is 0 Å². The number of nitrogens with zero attached hydrogens (tertiary/aromatic N) is 2. The minimum atomic E-state index is -0.230. The van der Waals surface area contributed by atoms with E-state index in [0.717, 1.165) is 18.7 Å². The predicted octanol–water partition coefficient (Wildman–Crippen LogP) is 1.56. The van der Waals surface area contributed by atoms with Gasteiger partial charge in [-0.3, -0.25) is 4.79 Å². The van der Waals surface area contributed by atoms with Gasteiger partial charge in [-0.2, -0.15) is 0 Å². The Labute approximate surface area is 107 Å². The molecule has 1 aromatic rings. The first kappa shape index (κ1) is 12.7. The summed E-state index contributed by atoms with van der Waals surface area (Å²) in [5.41, 5.74) is 2.15. The highest BCUT2D eigenvalue weighted by atomic mass is 16.5. The van der Waals surface area contributed by atoms with E-state index in [9.17, 15) is 4.79 Å². The molecule has 0 unspecified atom stereocenters. The zero-order chi connectivity index (χ0) is 12.8. The van der Waals surface area contributed by atoms with Crippen LogP contribution in [0.25, 0.3) is 6.08 Å². The molecule has 2 heterocycles. The van der Waals surface area contributed by atoms with E-state index in [1.165, 1.54) is 18.5 Å². The second-order valence-corrected chi connectivity index (χ2v) is 4.30. The van der Waals surface area contributed by atoms with Crippen LogP contribution in [0.1, 0.15) is 31.9 Å². The summed E-state index contributed by atoms with van der Waals surface area (Å²) >= 11 is 0. The molecule has 2 rings (SSSR count). The quantitative estimate of drug-likeness (QED) is 0.823. The number of piperidine rings is 1. The van der Waals surface area contributed by atoms with Crippen LogP contribution in [0.4, 0.5) is 0 Å². The number of ether oxygens (including phenoxy) is 1. The third kappa shape index (κ3) is 3.35. The Balaban J connectivity index is 2.05. The summed E-state index contributed by atoms with van der Waals surface area (Å²) in [6.45, 7) is 3.46. The normalized spacial score (nSPS) is 17.5. The van der Waals surface area contributed by atoms with Crippen molar-refractivity contribution in [2.75, 3.05) is 13.2 Å².